The number of Topliss-reactive ketones (excluding diaryl/α,β-unsaturated/α-hetero) is 1. The van der Waals surface area contributed by atoms with Crippen molar-refractivity contribution in [2.75, 3.05) is 19.5 Å². The Morgan fingerprint density at radius 1 is 1.12 bits per heavy atom. The van der Waals surface area contributed by atoms with Crippen molar-refractivity contribution in [2.45, 2.75) is 26.9 Å². The predicted molar refractivity (Wildman–Crippen MR) is 96.8 cm³/mol. The number of methoxy groups -OCH3 is 1. The highest BCUT2D eigenvalue weighted by atomic mass is 16.5. The van der Waals surface area contributed by atoms with Crippen molar-refractivity contribution in [3.8, 4) is 0 Å². The number of H-pyrrole nitrogens is 1. The lowest BCUT2D eigenvalue weighted by molar-refractivity contribution is 0.0317. The van der Waals surface area contributed by atoms with Crippen LogP contribution in [-0.2, 0) is 9.47 Å². The van der Waals surface area contributed by atoms with Gasteiger partial charge in [-0.1, -0.05) is 12.1 Å². The normalized spacial score (nSPS) is 11.6. The van der Waals surface area contributed by atoms with E-state index >= 15 is 0 Å². The fourth-order valence-corrected chi connectivity index (χ4v) is 2.76. The molecule has 2 aromatic rings. The maximum Gasteiger partial charge on any atom is 0.340 e. The van der Waals surface area contributed by atoms with Crippen molar-refractivity contribution in [3.63, 3.8) is 0 Å². The van der Waals surface area contributed by atoms with Gasteiger partial charge in [0.2, 0.25) is 5.78 Å². The lowest BCUT2D eigenvalue weighted by Crippen LogP contribution is -2.25. The van der Waals surface area contributed by atoms with Gasteiger partial charge >= 0.3 is 11.9 Å². The number of carbonyl (C=O) groups excluding carboxylic acids is 3. The van der Waals surface area contributed by atoms with Crippen LogP contribution in [0.1, 0.15) is 49.4 Å². The van der Waals surface area contributed by atoms with Gasteiger partial charge in [0.15, 0.2) is 6.10 Å². The van der Waals surface area contributed by atoms with E-state index in [4.69, 9.17) is 9.47 Å². The standard InChI is InChI=1S/C19H22N2O5/c1-10-15(19(24)25-5)11(2)21-16(10)17(22)12(3)26-18(23)13-8-6-7-9-14(13)20-4/h6-9,12,20-21H,1-5H3/t12-/m0/s1. The predicted octanol–water partition coefficient (Wildman–Crippen LogP) is 2.89. The van der Waals surface area contributed by atoms with E-state index in [1.807, 2.05) is 0 Å². The van der Waals surface area contributed by atoms with E-state index in [2.05, 4.69) is 10.3 Å². The van der Waals surface area contributed by atoms with E-state index in [1.165, 1.54) is 14.0 Å². The van der Waals surface area contributed by atoms with Gasteiger partial charge in [-0.25, -0.2) is 9.59 Å². The van der Waals surface area contributed by atoms with Gasteiger partial charge in [0.05, 0.1) is 23.9 Å². The van der Waals surface area contributed by atoms with Crippen molar-refractivity contribution >= 4 is 23.4 Å². The quantitative estimate of drug-likeness (QED) is 0.609. The molecule has 7 heteroatoms. The minimum absolute atomic E-state index is 0.227. The third-order valence-electron chi connectivity index (χ3n) is 4.14. The molecule has 0 aliphatic rings. The van der Waals surface area contributed by atoms with Crippen LogP contribution >= 0.6 is 0 Å². The molecular formula is C19H22N2O5. The van der Waals surface area contributed by atoms with Crippen LogP contribution in [0.15, 0.2) is 24.3 Å². The monoisotopic (exact) mass is 358 g/mol. The van der Waals surface area contributed by atoms with Gasteiger partial charge in [-0.15, -0.1) is 0 Å². The smallest absolute Gasteiger partial charge is 0.340 e. The zero-order chi connectivity index (χ0) is 19.4. The Kier molecular flexibility index (Phi) is 5.82. The minimum Gasteiger partial charge on any atom is -0.465 e. The minimum atomic E-state index is -1.02. The average molecular weight is 358 g/mol. The van der Waals surface area contributed by atoms with E-state index in [9.17, 15) is 14.4 Å². The van der Waals surface area contributed by atoms with Crippen molar-refractivity contribution in [3.05, 3.63) is 52.3 Å². The third-order valence-corrected chi connectivity index (χ3v) is 4.14. The number of hydrogen-bond acceptors (Lipinski definition) is 6. The maximum absolute atomic E-state index is 12.7. The van der Waals surface area contributed by atoms with Crippen LogP contribution in [0.2, 0.25) is 0 Å². The highest BCUT2D eigenvalue weighted by Crippen LogP contribution is 2.22. The van der Waals surface area contributed by atoms with Crippen LogP contribution in [0.25, 0.3) is 0 Å². The second kappa shape index (κ2) is 7.86. The molecule has 0 saturated heterocycles. The first-order valence-corrected chi connectivity index (χ1v) is 8.11. The molecule has 2 rings (SSSR count). The van der Waals surface area contributed by atoms with Gasteiger partial charge in [-0.05, 0) is 38.5 Å². The van der Waals surface area contributed by atoms with Gasteiger partial charge in [-0.3, -0.25) is 4.79 Å². The number of anilines is 1. The molecular weight excluding hydrogens is 336 g/mol. The number of benzene rings is 1. The average Bonchev–Trinajstić information content (AvgIpc) is 2.94. The number of aromatic nitrogens is 1. The highest BCUT2D eigenvalue weighted by Gasteiger charge is 2.28. The number of para-hydroxylation sites is 1. The van der Waals surface area contributed by atoms with Crippen LogP contribution < -0.4 is 5.32 Å². The van der Waals surface area contributed by atoms with E-state index in [0.717, 1.165) is 0 Å². The number of hydrogen-bond donors (Lipinski definition) is 2. The first kappa shape index (κ1) is 19.2. The molecule has 0 spiro atoms. The highest BCUT2D eigenvalue weighted by molar-refractivity contribution is 6.05. The fraction of sp³-hybridized carbons (Fsp3) is 0.316. The molecule has 26 heavy (non-hydrogen) atoms. The molecule has 2 N–H and O–H groups in total. The number of ketones is 1. The first-order valence-electron chi connectivity index (χ1n) is 8.11. The molecule has 1 aromatic carbocycles. The van der Waals surface area contributed by atoms with Crippen molar-refractivity contribution in [1.82, 2.24) is 4.98 Å². The van der Waals surface area contributed by atoms with Crippen molar-refractivity contribution < 1.29 is 23.9 Å². The van der Waals surface area contributed by atoms with E-state index in [1.54, 1.807) is 45.2 Å². The number of carbonyl (C=O) groups is 3. The molecule has 0 amide bonds. The number of aromatic amines is 1. The van der Waals surface area contributed by atoms with Gasteiger partial charge in [-0.2, -0.15) is 0 Å². The van der Waals surface area contributed by atoms with Crippen LogP contribution in [0.5, 0.6) is 0 Å². The lowest BCUT2D eigenvalue weighted by Gasteiger charge is -2.14. The number of rotatable bonds is 6. The summed E-state index contributed by atoms with van der Waals surface area (Å²) in [4.78, 5) is 39.8. The Labute approximate surface area is 151 Å². The van der Waals surface area contributed by atoms with Crippen molar-refractivity contribution in [2.24, 2.45) is 0 Å². The molecule has 1 aromatic heterocycles. The van der Waals surface area contributed by atoms with Gasteiger partial charge in [0.1, 0.15) is 0 Å². The molecule has 0 fully saturated rings. The molecule has 1 atom stereocenters. The summed E-state index contributed by atoms with van der Waals surface area (Å²) in [6.07, 6.45) is -1.02. The molecule has 0 unspecified atom stereocenters. The Balaban J connectivity index is 2.23. The van der Waals surface area contributed by atoms with Crippen LogP contribution in [0.3, 0.4) is 0 Å². The maximum atomic E-state index is 12.7. The summed E-state index contributed by atoms with van der Waals surface area (Å²) >= 11 is 0. The topological polar surface area (TPSA) is 97.5 Å². The third kappa shape index (κ3) is 3.61. The molecule has 1 heterocycles. The second-order valence-corrected chi connectivity index (χ2v) is 5.82. The number of esters is 2. The van der Waals surface area contributed by atoms with Gasteiger partial charge < -0.3 is 19.8 Å². The zero-order valence-corrected chi connectivity index (χ0v) is 15.4. The summed E-state index contributed by atoms with van der Waals surface area (Å²) in [5.41, 5.74) is 2.48. The summed E-state index contributed by atoms with van der Waals surface area (Å²) in [5.74, 6) is -1.55. The van der Waals surface area contributed by atoms with Gasteiger partial charge in [0.25, 0.3) is 0 Å². The Bertz CT molecular complexity index is 854. The number of aryl methyl sites for hydroxylation is 1. The lowest BCUT2D eigenvalue weighted by atomic mass is 10.1. The number of nitrogens with one attached hydrogen (secondary N) is 2. The van der Waals surface area contributed by atoms with E-state index < -0.39 is 23.8 Å². The molecule has 0 aliphatic heterocycles. The molecule has 7 nitrogen and oxygen atoms in total. The summed E-state index contributed by atoms with van der Waals surface area (Å²) in [5, 5.41) is 2.91. The molecule has 0 radical (unpaired) electrons. The number of ether oxygens (including phenoxy) is 2. The van der Waals surface area contributed by atoms with Crippen molar-refractivity contribution in [1.29, 1.82) is 0 Å². The summed E-state index contributed by atoms with van der Waals surface area (Å²) < 4.78 is 10.1. The second-order valence-electron chi connectivity index (χ2n) is 5.82. The van der Waals surface area contributed by atoms with Gasteiger partial charge in [0, 0.05) is 18.4 Å². The van der Waals surface area contributed by atoms with E-state index in [0.29, 0.717) is 28.1 Å². The Morgan fingerprint density at radius 3 is 2.38 bits per heavy atom. The zero-order valence-electron chi connectivity index (χ0n) is 15.4. The van der Waals surface area contributed by atoms with Crippen LogP contribution in [0, 0.1) is 13.8 Å². The van der Waals surface area contributed by atoms with Crippen LogP contribution in [0.4, 0.5) is 5.69 Å². The molecule has 0 bridgehead atoms. The fourth-order valence-electron chi connectivity index (χ4n) is 2.76. The summed E-state index contributed by atoms with van der Waals surface area (Å²) in [6, 6.07) is 6.86. The molecule has 138 valence electrons. The molecule has 0 saturated carbocycles. The SMILES string of the molecule is CNc1ccccc1C(=O)O[C@@H](C)C(=O)c1[nH]c(C)c(C(=O)OC)c1C. The Hall–Kier alpha value is -3.09. The van der Waals surface area contributed by atoms with E-state index in [-0.39, 0.29) is 5.69 Å². The Morgan fingerprint density at radius 2 is 1.77 bits per heavy atom. The first-order chi connectivity index (χ1) is 12.3. The largest absolute Gasteiger partial charge is 0.465 e. The molecule has 0 aliphatic carbocycles. The van der Waals surface area contributed by atoms with Crippen LogP contribution in [-0.4, -0.2) is 43.0 Å². The summed E-state index contributed by atoms with van der Waals surface area (Å²) in [7, 11) is 2.97. The summed E-state index contributed by atoms with van der Waals surface area (Å²) in [6.45, 7) is 4.82.